The number of aromatic nitrogens is 2. The minimum Gasteiger partial charge on any atom is -0.393 e. The van der Waals surface area contributed by atoms with Gasteiger partial charge >= 0.3 is 0 Å². The van der Waals surface area contributed by atoms with Crippen molar-refractivity contribution in [2.24, 2.45) is 7.05 Å². The molecule has 0 aliphatic heterocycles. The number of fused-ring (bicyclic) bond motifs is 1. The van der Waals surface area contributed by atoms with Gasteiger partial charge in [0.1, 0.15) is 0 Å². The van der Waals surface area contributed by atoms with E-state index in [9.17, 15) is 9.90 Å². The first-order chi connectivity index (χ1) is 13.1. The smallest absolute Gasteiger partial charge is 0.231 e. The molecule has 2 heterocycles. The quantitative estimate of drug-likeness (QED) is 0.772. The van der Waals surface area contributed by atoms with Crippen LogP contribution in [0.15, 0.2) is 55.0 Å². The third-order valence-electron chi connectivity index (χ3n) is 5.51. The normalized spacial score (nSPS) is 19.9. The van der Waals surface area contributed by atoms with Gasteiger partial charge in [-0.25, -0.2) is 0 Å². The van der Waals surface area contributed by atoms with E-state index in [1.807, 2.05) is 42.4 Å². The summed E-state index contributed by atoms with van der Waals surface area (Å²) < 4.78 is 2.08. The van der Waals surface area contributed by atoms with Crippen molar-refractivity contribution in [2.75, 3.05) is 4.90 Å². The largest absolute Gasteiger partial charge is 0.393 e. The van der Waals surface area contributed by atoms with Crippen LogP contribution in [0.4, 0.5) is 5.69 Å². The zero-order valence-electron chi connectivity index (χ0n) is 15.6. The second kappa shape index (κ2) is 7.53. The van der Waals surface area contributed by atoms with Gasteiger partial charge in [0.05, 0.1) is 23.7 Å². The molecule has 0 unspecified atom stereocenters. The fraction of sp³-hybridized carbons (Fsp3) is 0.364. The number of amides is 1. The van der Waals surface area contributed by atoms with Gasteiger partial charge < -0.3 is 14.6 Å². The average Bonchev–Trinajstić information content (AvgIpc) is 3.06. The lowest BCUT2D eigenvalue weighted by Gasteiger charge is -2.36. The fourth-order valence-electron chi connectivity index (χ4n) is 4.14. The Bertz CT molecular complexity index is 927. The molecule has 0 bridgehead atoms. The number of pyridine rings is 1. The summed E-state index contributed by atoms with van der Waals surface area (Å²) in [4.78, 5) is 19.5. The van der Waals surface area contributed by atoms with Gasteiger partial charge in [-0.1, -0.05) is 18.2 Å². The second-order valence-corrected chi connectivity index (χ2v) is 7.41. The first-order valence-electron chi connectivity index (χ1n) is 9.56. The standard InChI is InChI=1S/C22H25N3O2/c1-24-13-11-17-5-2-6-20(22(17)24)25(18-7-9-19(26)10-8-18)21(27)14-16-4-3-12-23-15-16/h2-6,11-13,15,18-19,26H,7-10,14H2,1H3. The fourth-order valence-corrected chi connectivity index (χ4v) is 4.14. The van der Waals surface area contributed by atoms with Gasteiger partial charge in [0.25, 0.3) is 0 Å². The van der Waals surface area contributed by atoms with E-state index in [4.69, 9.17) is 0 Å². The lowest BCUT2D eigenvalue weighted by molar-refractivity contribution is -0.118. The zero-order chi connectivity index (χ0) is 18.8. The maximum atomic E-state index is 13.4. The van der Waals surface area contributed by atoms with Gasteiger partial charge in [0.2, 0.25) is 5.91 Å². The number of carbonyl (C=O) groups excluding carboxylic acids is 1. The average molecular weight is 363 g/mol. The predicted octanol–water partition coefficient (Wildman–Crippen LogP) is 3.45. The molecule has 1 amide bonds. The zero-order valence-corrected chi connectivity index (χ0v) is 15.6. The topological polar surface area (TPSA) is 58.4 Å². The molecule has 4 rings (SSSR count). The maximum absolute atomic E-state index is 13.4. The van der Waals surface area contributed by atoms with Crippen LogP contribution in [-0.4, -0.2) is 32.7 Å². The van der Waals surface area contributed by atoms with Gasteiger partial charge in [-0.2, -0.15) is 0 Å². The maximum Gasteiger partial charge on any atom is 0.231 e. The highest BCUT2D eigenvalue weighted by atomic mass is 16.3. The van der Waals surface area contributed by atoms with Crippen LogP contribution in [0.1, 0.15) is 31.2 Å². The van der Waals surface area contributed by atoms with Gasteiger partial charge in [0.15, 0.2) is 0 Å². The van der Waals surface area contributed by atoms with Crippen molar-refractivity contribution in [1.29, 1.82) is 0 Å². The minimum absolute atomic E-state index is 0.0816. The summed E-state index contributed by atoms with van der Waals surface area (Å²) in [5.41, 5.74) is 2.95. The Balaban J connectivity index is 1.73. The number of hydrogen-bond acceptors (Lipinski definition) is 3. The van der Waals surface area contributed by atoms with Crippen LogP contribution in [0.5, 0.6) is 0 Å². The molecular formula is C22H25N3O2. The molecule has 5 heteroatoms. The SMILES string of the molecule is Cn1ccc2cccc(N(C(=O)Cc3cccnc3)C3CCC(O)CC3)c21. The van der Waals surface area contributed by atoms with E-state index >= 15 is 0 Å². The molecule has 27 heavy (non-hydrogen) atoms. The number of carbonyl (C=O) groups is 1. The molecular weight excluding hydrogens is 338 g/mol. The van der Waals surface area contributed by atoms with E-state index < -0.39 is 0 Å². The van der Waals surface area contributed by atoms with E-state index in [1.54, 1.807) is 12.4 Å². The Morgan fingerprint density at radius 2 is 2.00 bits per heavy atom. The first kappa shape index (κ1) is 17.7. The van der Waals surface area contributed by atoms with Crippen LogP contribution in [0, 0.1) is 0 Å². The molecule has 3 aromatic rings. The molecule has 1 fully saturated rings. The van der Waals surface area contributed by atoms with Gasteiger partial charge in [-0.3, -0.25) is 9.78 Å². The van der Waals surface area contributed by atoms with E-state index in [0.29, 0.717) is 6.42 Å². The number of aliphatic hydroxyl groups excluding tert-OH is 1. The monoisotopic (exact) mass is 363 g/mol. The lowest BCUT2D eigenvalue weighted by atomic mass is 9.91. The van der Waals surface area contributed by atoms with Crippen LogP contribution >= 0.6 is 0 Å². The van der Waals surface area contributed by atoms with Crippen LogP contribution in [-0.2, 0) is 18.3 Å². The van der Waals surface area contributed by atoms with Crippen molar-refractivity contribution in [3.05, 3.63) is 60.6 Å². The predicted molar refractivity (Wildman–Crippen MR) is 107 cm³/mol. The van der Waals surface area contributed by atoms with Crippen molar-refractivity contribution >= 4 is 22.5 Å². The van der Waals surface area contributed by atoms with Gasteiger partial charge in [-0.05, 0) is 49.4 Å². The number of benzene rings is 1. The first-order valence-corrected chi connectivity index (χ1v) is 9.56. The van der Waals surface area contributed by atoms with E-state index in [2.05, 4.69) is 21.7 Å². The molecule has 5 nitrogen and oxygen atoms in total. The highest BCUT2D eigenvalue weighted by Gasteiger charge is 2.30. The van der Waals surface area contributed by atoms with E-state index in [-0.39, 0.29) is 18.1 Å². The molecule has 1 saturated carbocycles. The van der Waals surface area contributed by atoms with Gasteiger partial charge in [-0.15, -0.1) is 0 Å². The van der Waals surface area contributed by atoms with E-state index in [1.165, 1.54) is 0 Å². The van der Waals surface area contributed by atoms with Crippen molar-refractivity contribution in [1.82, 2.24) is 9.55 Å². The lowest BCUT2D eigenvalue weighted by Crippen LogP contribution is -2.44. The van der Waals surface area contributed by atoms with Crippen LogP contribution in [0.3, 0.4) is 0 Å². The second-order valence-electron chi connectivity index (χ2n) is 7.41. The summed E-state index contributed by atoms with van der Waals surface area (Å²) in [7, 11) is 2.01. The Kier molecular flexibility index (Phi) is 4.94. The number of rotatable bonds is 4. The molecule has 0 atom stereocenters. The molecule has 1 aromatic carbocycles. The number of para-hydroxylation sites is 1. The molecule has 0 spiro atoms. The van der Waals surface area contributed by atoms with Crippen LogP contribution in [0.25, 0.3) is 10.9 Å². The molecule has 0 radical (unpaired) electrons. The highest BCUT2D eigenvalue weighted by molar-refractivity contribution is 6.03. The molecule has 1 N–H and O–H groups in total. The summed E-state index contributed by atoms with van der Waals surface area (Å²) in [5, 5.41) is 11.0. The number of aliphatic hydroxyl groups is 1. The number of hydrogen-bond donors (Lipinski definition) is 1. The Labute approximate surface area is 159 Å². The summed E-state index contributed by atoms with van der Waals surface area (Å²) in [5.74, 6) is 0.0816. The van der Waals surface area contributed by atoms with Crippen molar-refractivity contribution < 1.29 is 9.90 Å². The highest BCUT2D eigenvalue weighted by Crippen LogP contribution is 2.33. The Morgan fingerprint density at radius 3 is 2.74 bits per heavy atom. The minimum atomic E-state index is -0.248. The molecule has 140 valence electrons. The van der Waals surface area contributed by atoms with Crippen LogP contribution in [0.2, 0.25) is 0 Å². The number of anilines is 1. The molecule has 0 saturated heterocycles. The molecule has 1 aliphatic rings. The summed E-state index contributed by atoms with van der Waals surface area (Å²) >= 11 is 0. The Morgan fingerprint density at radius 1 is 1.19 bits per heavy atom. The van der Waals surface area contributed by atoms with Gasteiger partial charge in [0, 0.05) is 37.1 Å². The number of aryl methyl sites for hydroxylation is 1. The summed E-state index contributed by atoms with van der Waals surface area (Å²) in [6.07, 6.45) is 8.71. The van der Waals surface area contributed by atoms with Crippen molar-refractivity contribution in [2.45, 2.75) is 44.2 Å². The third kappa shape index (κ3) is 3.60. The summed E-state index contributed by atoms with van der Waals surface area (Å²) in [6.45, 7) is 0. The summed E-state index contributed by atoms with van der Waals surface area (Å²) in [6, 6.07) is 12.1. The van der Waals surface area contributed by atoms with Crippen molar-refractivity contribution in [3.63, 3.8) is 0 Å². The van der Waals surface area contributed by atoms with Crippen molar-refractivity contribution in [3.8, 4) is 0 Å². The Hall–Kier alpha value is -2.66. The molecule has 1 aliphatic carbocycles. The third-order valence-corrected chi connectivity index (χ3v) is 5.51. The van der Waals surface area contributed by atoms with Crippen LogP contribution < -0.4 is 4.90 Å². The molecule has 2 aromatic heterocycles. The van der Waals surface area contributed by atoms with E-state index in [0.717, 1.165) is 47.8 Å². The number of nitrogens with zero attached hydrogens (tertiary/aromatic N) is 3.